The van der Waals surface area contributed by atoms with Crippen molar-refractivity contribution < 1.29 is 13.2 Å². The van der Waals surface area contributed by atoms with Gasteiger partial charge in [0.05, 0.1) is 0 Å². The maximum atomic E-state index is 12.7. The van der Waals surface area contributed by atoms with Crippen molar-refractivity contribution in [2.45, 2.75) is 45.3 Å². The van der Waals surface area contributed by atoms with Crippen molar-refractivity contribution in [1.29, 1.82) is 0 Å². The second-order valence-corrected chi connectivity index (χ2v) is 4.75. The molecule has 0 saturated heterocycles. The summed E-state index contributed by atoms with van der Waals surface area (Å²) >= 11 is 0. The van der Waals surface area contributed by atoms with E-state index in [1.54, 1.807) is 19.1 Å². The smallest absolute Gasteiger partial charge is 0.306 e. The second-order valence-electron chi connectivity index (χ2n) is 4.75. The maximum absolute atomic E-state index is 12.7. The maximum Gasteiger partial charge on any atom is 0.404 e. The van der Waals surface area contributed by atoms with Gasteiger partial charge in [-0.3, -0.25) is 0 Å². The quantitative estimate of drug-likeness (QED) is 0.845. The van der Waals surface area contributed by atoms with Gasteiger partial charge in [0, 0.05) is 0 Å². The van der Waals surface area contributed by atoms with Gasteiger partial charge in [0.1, 0.15) is 6.04 Å². The molecule has 0 heterocycles. The summed E-state index contributed by atoms with van der Waals surface area (Å²) in [5, 5.41) is 2.48. The highest BCUT2D eigenvalue weighted by molar-refractivity contribution is 5.25. The molecule has 0 radical (unpaired) electrons. The van der Waals surface area contributed by atoms with Gasteiger partial charge in [-0.05, 0) is 30.0 Å². The Balaban J connectivity index is 2.75. The van der Waals surface area contributed by atoms with Gasteiger partial charge in [-0.15, -0.1) is 0 Å². The molecule has 0 aliphatic carbocycles. The van der Waals surface area contributed by atoms with Crippen LogP contribution in [0.4, 0.5) is 13.2 Å². The minimum Gasteiger partial charge on any atom is -0.306 e. The molecule has 1 aromatic carbocycles. The van der Waals surface area contributed by atoms with Crippen molar-refractivity contribution in [1.82, 2.24) is 5.32 Å². The van der Waals surface area contributed by atoms with Gasteiger partial charge >= 0.3 is 6.18 Å². The fourth-order valence-electron chi connectivity index (χ4n) is 1.82. The first-order valence-electron chi connectivity index (χ1n) is 6.23. The van der Waals surface area contributed by atoms with E-state index in [1.165, 1.54) is 0 Å². The van der Waals surface area contributed by atoms with Crippen molar-refractivity contribution in [3.63, 3.8) is 0 Å². The largest absolute Gasteiger partial charge is 0.404 e. The molecule has 0 aromatic heterocycles. The molecule has 0 aliphatic rings. The molecule has 1 unspecified atom stereocenters. The monoisotopic (exact) mass is 259 g/mol. The summed E-state index contributed by atoms with van der Waals surface area (Å²) in [5.41, 5.74) is 1.86. The van der Waals surface area contributed by atoms with Crippen molar-refractivity contribution in [3.8, 4) is 0 Å². The average molecular weight is 259 g/mol. The van der Waals surface area contributed by atoms with Gasteiger partial charge in [-0.1, -0.05) is 45.0 Å². The fourth-order valence-corrected chi connectivity index (χ4v) is 1.82. The molecular formula is C14H20F3N. The lowest BCUT2D eigenvalue weighted by Gasteiger charge is -2.21. The van der Waals surface area contributed by atoms with Crippen molar-refractivity contribution in [2.24, 2.45) is 0 Å². The molecule has 0 fully saturated rings. The molecule has 102 valence electrons. The Labute approximate surface area is 106 Å². The summed E-state index contributed by atoms with van der Waals surface area (Å²) < 4.78 is 38.2. The van der Waals surface area contributed by atoms with Crippen LogP contribution in [0, 0.1) is 0 Å². The number of hydrogen-bond acceptors (Lipinski definition) is 1. The molecule has 0 spiro atoms. The third kappa shape index (κ3) is 4.33. The van der Waals surface area contributed by atoms with Crippen LogP contribution in [0.1, 0.15) is 37.8 Å². The summed E-state index contributed by atoms with van der Waals surface area (Å²) in [5.74, 6) is 0.395. The van der Waals surface area contributed by atoms with E-state index in [1.807, 2.05) is 12.1 Å². The van der Waals surface area contributed by atoms with E-state index < -0.39 is 12.2 Å². The van der Waals surface area contributed by atoms with Gasteiger partial charge in [0.15, 0.2) is 0 Å². The molecule has 1 N–H and O–H groups in total. The Hall–Kier alpha value is -1.03. The third-order valence-electron chi connectivity index (χ3n) is 2.93. The summed E-state index contributed by atoms with van der Waals surface area (Å²) in [6.07, 6.45) is -4.22. The SMILES string of the molecule is CCNC(Cc1ccc(C(C)C)cc1)C(F)(F)F. The molecule has 1 nitrogen and oxygen atoms in total. The van der Waals surface area contributed by atoms with Crippen LogP contribution in [-0.4, -0.2) is 18.8 Å². The van der Waals surface area contributed by atoms with Gasteiger partial charge in [0.25, 0.3) is 0 Å². The molecule has 0 bridgehead atoms. The van der Waals surface area contributed by atoms with Crippen LogP contribution in [0.5, 0.6) is 0 Å². The molecule has 0 amide bonds. The van der Waals surface area contributed by atoms with Crippen molar-refractivity contribution >= 4 is 0 Å². The molecule has 4 heteroatoms. The number of rotatable bonds is 5. The van der Waals surface area contributed by atoms with Crippen LogP contribution >= 0.6 is 0 Å². The van der Waals surface area contributed by atoms with Gasteiger partial charge < -0.3 is 5.32 Å². The zero-order chi connectivity index (χ0) is 13.8. The Bertz CT molecular complexity index is 354. The van der Waals surface area contributed by atoms with Crippen LogP contribution < -0.4 is 5.32 Å². The van der Waals surface area contributed by atoms with Crippen LogP contribution in [0.2, 0.25) is 0 Å². The van der Waals surface area contributed by atoms with Gasteiger partial charge in [-0.25, -0.2) is 0 Å². The van der Waals surface area contributed by atoms with E-state index in [-0.39, 0.29) is 6.42 Å². The van der Waals surface area contributed by atoms with Crippen LogP contribution in [0.3, 0.4) is 0 Å². The third-order valence-corrected chi connectivity index (χ3v) is 2.93. The number of nitrogens with one attached hydrogen (secondary N) is 1. The van der Waals surface area contributed by atoms with Crippen molar-refractivity contribution in [2.75, 3.05) is 6.54 Å². The Morgan fingerprint density at radius 2 is 1.67 bits per heavy atom. The molecule has 0 saturated carbocycles. The van der Waals surface area contributed by atoms with E-state index in [4.69, 9.17) is 0 Å². The molecule has 1 aromatic rings. The van der Waals surface area contributed by atoms with Crippen LogP contribution in [0.15, 0.2) is 24.3 Å². The highest BCUT2D eigenvalue weighted by atomic mass is 19.4. The lowest BCUT2D eigenvalue weighted by Crippen LogP contribution is -2.43. The lowest BCUT2D eigenvalue weighted by molar-refractivity contribution is -0.155. The summed E-state index contributed by atoms with van der Waals surface area (Å²) in [6.45, 7) is 6.12. The number of hydrogen-bond donors (Lipinski definition) is 1. The molecular weight excluding hydrogens is 239 g/mol. The minimum absolute atomic E-state index is 0.0181. The topological polar surface area (TPSA) is 12.0 Å². The zero-order valence-corrected chi connectivity index (χ0v) is 11.0. The summed E-state index contributed by atoms with van der Waals surface area (Å²) in [6, 6.07) is 5.91. The normalized spacial score (nSPS) is 13.9. The second kappa shape index (κ2) is 6.23. The Morgan fingerprint density at radius 1 is 1.11 bits per heavy atom. The lowest BCUT2D eigenvalue weighted by atomic mass is 9.99. The summed E-state index contributed by atoms with van der Waals surface area (Å²) in [7, 11) is 0. The van der Waals surface area contributed by atoms with E-state index in [2.05, 4.69) is 19.2 Å². The zero-order valence-electron chi connectivity index (χ0n) is 11.0. The van der Waals surface area contributed by atoms with Crippen molar-refractivity contribution in [3.05, 3.63) is 35.4 Å². The van der Waals surface area contributed by atoms with Gasteiger partial charge in [-0.2, -0.15) is 13.2 Å². The minimum atomic E-state index is -4.20. The van der Waals surface area contributed by atoms with Gasteiger partial charge in [0.2, 0.25) is 0 Å². The van der Waals surface area contributed by atoms with Crippen LogP contribution in [0.25, 0.3) is 0 Å². The van der Waals surface area contributed by atoms with E-state index in [0.717, 1.165) is 5.56 Å². The fraction of sp³-hybridized carbons (Fsp3) is 0.571. The first-order valence-corrected chi connectivity index (χ1v) is 6.23. The first kappa shape index (κ1) is 15.0. The number of benzene rings is 1. The molecule has 1 rings (SSSR count). The number of alkyl halides is 3. The van der Waals surface area contributed by atoms with E-state index in [0.29, 0.717) is 18.0 Å². The van der Waals surface area contributed by atoms with E-state index in [9.17, 15) is 13.2 Å². The highest BCUT2D eigenvalue weighted by Gasteiger charge is 2.38. The predicted octanol–water partition coefficient (Wildman–Crippen LogP) is 3.89. The number of likely N-dealkylation sites (N-methyl/N-ethyl adjacent to an activating group) is 1. The predicted molar refractivity (Wildman–Crippen MR) is 67.8 cm³/mol. The van der Waals surface area contributed by atoms with E-state index >= 15 is 0 Å². The average Bonchev–Trinajstić information content (AvgIpc) is 2.28. The first-order chi connectivity index (χ1) is 8.34. The number of halogens is 3. The molecule has 18 heavy (non-hydrogen) atoms. The Kier molecular flexibility index (Phi) is 5.20. The van der Waals surface area contributed by atoms with Crippen LogP contribution in [-0.2, 0) is 6.42 Å². The molecule has 0 aliphatic heterocycles. The summed E-state index contributed by atoms with van der Waals surface area (Å²) in [4.78, 5) is 0. The Morgan fingerprint density at radius 3 is 2.06 bits per heavy atom. The standard InChI is InChI=1S/C14H20F3N/c1-4-18-13(14(15,16)17)9-11-5-7-12(8-6-11)10(2)3/h5-8,10,13,18H,4,9H2,1-3H3. The highest BCUT2D eigenvalue weighted by Crippen LogP contribution is 2.24. The molecule has 1 atom stereocenters.